The fraction of sp³-hybridized carbons (Fsp3) is 0. The number of halogens is 2. The number of hydrogen-bond donors (Lipinski definition) is 0. The average Bonchev–Trinajstić information content (AvgIpc) is 3.02. The van der Waals surface area contributed by atoms with Gasteiger partial charge < -0.3 is 4.57 Å². The maximum Gasteiger partial charge on any atom is 0.131 e. The van der Waals surface area contributed by atoms with Crippen molar-refractivity contribution in [2.75, 3.05) is 0 Å². The zero-order valence-corrected chi connectivity index (χ0v) is 14.2. The maximum atomic E-state index is 13.9. The Kier molecular flexibility index (Phi) is 4.58. The van der Waals surface area contributed by atoms with E-state index < -0.39 is 5.82 Å². The second-order valence-corrected chi connectivity index (χ2v) is 6.17. The van der Waals surface area contributed by atoms with Gasteiger partial charge in [-0.2, -0.15) is 5.26 Å². The van der Waals surface area contributed by atoms with Gasteiger partial charge >= 0.3 is 0 Å². The lowest BCUT2D eigenvalue weighted by Gasteiger charge is -2.08. The van der Waals surface area contributed by atoms with Crippen LogP contribution < -0.4 is 0 Å². The van der Waals surface area contributed by atoms with E-state index >= 15 is 0 Å². The maximum absolute atomic E-state index is 13.9. The van der Waals surface area contributed by atoms with Crippen molar-refractivity contribution in [1.82, 2.24) is 4.57 Å². The topological polar surface area (TPSA) is 28.7 Å². The summed E-state index contributed by atoms with van der Waals surface area (Å²) in [6.45, 7) is 0. The summed E-state index contributed by atoms with van der Waals surface area (Å²) >= 11 is 2.25. The summed E-state index contributed by atoms with van der Waals surface area (Å²) in [5, 5.41) is 9.41. The Morgan fingerprint density at radius 1 is 1.04 bits per heavy atom. The Morgan fingerprint density at radius 2 is 1.78 bits per heavy atom. The van der Waals surface area contributed by atoms with Gasteiger partial charge in [0.2, 0.25) is 0 Å². The average molecular weight is 414 g/mol. The molecule has 1 aromatic heterocycles. The van der Waals surface area contributed by atoms with Crippen LogP contribution >= 0.6 is 22.6 Å². The second kappa shape index (κ2) is 6.80. The van der Waals surface area contributed by atoms with Crippen LogP contribution in [-0.2, 0) is 0 Å². The quantitative estimate of drug-likeness (QED) is 0.423. The first kappa shape index (κ1) is 15.5. The van der Waals surface area contributed by atoms with Crippen LogP contribution in [0, 0.1) is 20.7 Å². The van der Waals surface area contributed by atoms with E-state index in [-0.39, 0.29) is 0 Å². The SMILES string of the molecule is N#CC(=Cc1cccn1-c1ccc(I)cc1)c1ccccc1F. The number of aromatic nitrogens is 1. The molecule has 0 amide bonds. The standard InChI is InChI=1S/C19H12FIN2/c20-19-6-2-1-5-18(19)14(13-22)12-17-4-3-11-23(17)16-9-7-15(21)8-10-16/h1-12H. The van der Waals surface area contributed by atoms with E-state index in [1.807, 2.05) is 47.2 Å². The molecule has 4 heteroatoms. The predicted octanol–water partition coefficient (Wildman–Crippen LogP) is 5.29. The monoisotopic (exact) mass is 414 g/mol. The van der Waals surface area contributed by atoms with Gasteiger partial charge in [0.1, 0.15) is 5.82 Å². The van der Waals surface area contributed by atoms with Crippen molar-refractivity contribution in [3.8, 4) is 11.8 Å². The summed E-state index contributed by atoms with van der Waals surface area (Å²) < 4.78 is 17.0. The van der Waals surface area contributed by atoms with E-state index in [9.17, 15) is 9.65 Å². The molecule has 23 heavy (non-hydrogen) atoms. The molecule has 0 aliphatic rings. The fourth-order valence-corrected chi connectivity index (χ4v) is 2.71. The molecule has 0 aliphatic heterocycles. The van der Waals surface area contributed by atoms with Crippen LogP contribution in [0.4, 0.5) is 4.39 Å². The second-order valence-electron chi connectivity index (χ2n) is 4.93. The van der Waals surface area contributed by atoms with Crippen molar-refractivity contribution in [1.29, 1.82) is 5.26 Å². The first-order valence-corrected chi connectivity index (χ1v) is 8.07. The van der Waals surface area contributed by atoms with Crippen molar-refractivity contribution in [2.24, 2.45) is 0 Å². The molecule has 1 heterocycles. The minimum absolute atomic E-state index is 0.300. The summed E-state index contributed by atoms with van der Waals surface area (Å²) in [6, 6.07) is 20.3. The summed E-state index contributed by atoms with van der Waals surface area (Å²) in [5.41, 5.74) is 2.43. The first-order valence-electron chi connectivity index (χ1n) is 6.99. The molecule has 3 rings (SSSR count). The molecule has 0 fully saturated rings. The number of nitriles is 1. The fourth-order valence-electron chi connectivity index (χ4n) is 2.35. The van der Waals surface area contributed by atoms with E-state index in [4.69, 9.17) is 0 Å². The number of benzene rings is 2. The third kappa shape index (κ3) is 3.35. The largest absolute Gasteiger partial charge is 0.317 e. The lowest BCUT2D eigenvalue weighted by Crippen LogP contribution is -1.95. The van der Waals surface area contributed by atoms with Gasteiger partial charge in [0.25, 0.3) is 0 Å². The van der Waals surface area contributed by atoms with Crippen LogP contribution in [-0.4, -0.2) is 4.57 Å². The smallest absolute Gasteiger partial charge is 0.131 e. The molecule has 0 saturated heterocycles. The van der Waals surface area contributed by atoms with Crippen molar-refractivity contribution in [2.45, 2.75) is 0 Å². The number of hydrogen-bond acceptors (Lipinski definition) is 1. The van der Waals surface area contributed by atoms with E-state index in [2.05, 4.69) is 28.7 Å². The van der Waals surface area contributed by atoms with Crippen LogP contribution in [0.2, 0.25) is 0 Å². The Balaban J connectivity index is 2.06. The molecule has 0 spiro atoms. The Morgan fingerprint density at radius 3 is 2.48 bits per heavy atom. The Labute approximate surface area is 147 Å². The summed E-state index contributed by atoms with van der Waals surface area (Å²) in [5.74, 6) is -0.396. The van der Waals surface area contributed by atoms with Crippen LogP contribution in [0.3, 0.4) is 0 Å². The van der Waals surface area contributed by atoms with Gasteiger partial charge in [-0.1, -0.05) is 18.2 Å². The third-order valence-electron chi connectivity index (χ3n) is 3.46. The molecule has 3 aromatic rings. The van der Waals surface area contributed by atoms with Crippen LogP contribution in [0.5, 0.6) is 0 Å². The van der Waals surface area contributed by atoms with E-state index in [1.54, 1.807) is 24.3 Å². The molecule has 0 aliphatic carbocycles. The van der Waals surface area contributed by atoms with Crippen LogP contribution in [0.15, 0.2) is 66.9 Å². The summed E-state index contributed by atoms with van der Waals surface area (Å²) in [4.78, 5) is 0. The minimum atomic E-state index is -0.396. The molecule has 0 bridgehead atoms. The van der Waals surface area contributed by atoms with E-state index in [1.165, 1.54) is 6.07 Å². The molecule has 2 nitrogen and oxygen atoms in total. The molecule has 0 N–H and O–H groups in total. The third-order valence-corrected chi connectivity index (χ3v) is 4.18. The Bertz CT molecular complexity index is 902. The molecule has 112 valence electrons. The number of rotatable bonds is 3. The zero-order valence-electron chi connectivity index (χ0n) is 12.1. The Hall–Kier alpha value is -2.39. The first-order chi connectivity index (χ1) is 11.2. The molecular weight excluding hydrogens is 402 g/mol. The van der Waals surface area contributed by atoms with Gasteiger partial charge in [0, 0.05) is 26.7 Å². The highest BCUT2D eigenvalue weighted by Crippen LogP contribution is 2.22. The summed E-state index contributed by atoms with van der Waals surface area (Å²) in [6.07, 6.45) is 3.63. The van der Waals surface area contributed by atoms with E-state index in [0.29, 0.717) is 11.1 Å². The predicted molar refractivity (Wildman–Crippen MR) is 98.4 cm³/mol. The van der Waals surface area contributed by atoms with Crippen molar-refractivity contribution in [3.05, 3.63) is 87.5 Å². The van der Waals surface area contributed by atoms with Crippen molar-refractivity contribution >= 4 is 34.2 Å². The zero-order chi connectivity index (χ0) is 16.2. The normalized spacial score (nSPS) is 11.3. The minimum Gasteiger partial charge on any atom is -0.317 e. The molecule has 0 unspecified atom stereocenters. The van der Waals surface area contributed by atoms with Gasteiger partial charge in [0.15, 0.2) is 0 Å². The van der Waals surface area contributed by atoms with Gasteiger partial charge in [-0.25, -0.2) is 4.39 Å². The highest BCUT2D eigenvalue weighted by molar-refractivity contribution is 14.1. The lowest BCUT2D eigenvalue weighted by molar-refractivity contribution is 0.624. The lowest BCUT2D eigenvalue weighted by atomic mass is 10.1. The molecular formula is C19H12FIN2. The molecule has 0 radical (unpaired) electrons. The van der Waals surface area contributed by atoms with Crippen molar-refractivity contribution < 1.29 is 4.39 Å². The highest BCUT2D eigenvalue weighted by atomic mass is 127. The number of allylic oxidation sites excluding steroid dienone is 1. The van der Waals surface area contributed by atoms with Crippen LogP contribution in [0.25, 0.3) is 17.3 Å². The highest BCUT2D eigenvalue weighted by Gasteiger charge is 2.09. The van der Waals surface area contributed by atoms with Crippen molar-refractivity contribution in [3.63, 3.8) is 0 Å². The number of nitrogens with zero attached hydrogens (tertiary/aromatic N) is 2. The van der Waals surface area contributed by atoms with Gasteiger partial charge in [-0.05, 0) is 71.1 Å². The van der Waals surface area contributed by atoms with Gasteiger partial charge in [0.05, 0.1) is 11.6 Å². The summed E-state index contributed by atoms with van der Waals surface area (Å²) in [7, 11) is 0. The molecule has 2 aromatic carbocycles. The van der Waals surface area contributed by atoms with Gasteiger partial charge in [-0.15, -0.1) is 0 Å². The molecule has 0 atom stereocenters. The van der Waals surface area contributed by atoms with E-state index in [0.717, 1.165) is 15.0 Å². The molecule has 0 saturated carbocycles. The van der Waals surface area contributed by atoms with Gasteiger partial charge in [-0.3, -0.25) is 0 Å². The van der Waals surface area contributed by atoms with Crippen LogP contribution in [0.1, 0.15) is 11.3 Å².